The third kappa shape index (κ3) is 2.74. The third-order valence-corrected chi connectivity index (χ3v) is 1.67. The normalized spacial score (nSPS) is 23.9. The van der Waals surface area contributed by atoms with E-state index >= 15 is 0 Å². The second-order valence-electron chi connectivity index (χ2n) is 3.33. The molecule has 1 aliphatic rings. The highest BCUT2D eigenvalue weighted by Gasteiger charge is 2.16. The zero-order valence-corrected chi connectivity index (χ0v) is 7.04. The van der Waals surface area contributed by atoms with Gasteiger partial charge in [0.1, 0.15) is 6.10 Å². The summed E-state index contributed by atoms with van der Waals surface area (Å²) in [5, 5.41) is 0. The summed E-state index contributed by atoms with van der Waals surface area (Å²) in [6.45, 7) is 4.26. The minimum Gasteiger partial charge on any atom is -0.459 e. The van der Waals surface area contributed by atoms with Gasteiger partial charge in [0.25, 0.3) is 0 Å². The fourth-order valence-electron chi connectivity index (χ4n) is 1.24. The van der Waals surface area contributed by atoms with E-state index in [0.29, 0.717) is 5.92 Å². The van der Waals surface area contributed by atoms with Crippen LogP contribution in [0.1, 0.15) is 26.7 Å². The molecule has 0 aliphatic carbocycles. The highest BCUT2D eigenvalue weighted by molar-refractivity contribution is 5.82. The van der Waals surface area contributed by atoms with Gasteiger partial charge in [-0.15, -0.1) is 0 Å². The molecule has 1 rings (SSSR count). The van der Waals surface area contributed by atoms with Crippen molar-refractivity contribution in [1.29, 1.82) is 0 Å². The molecule has 0 unspecified atom stereocenters. The molecule has 0 saturated carbocycles. The van der Waals surface area contributed by atoms with E-state index in [1.807, 2.05) is 6.08 Å². The lowest BCUT2D eigenvalue weighted by atomic mass is 10.0. The van der Waals surface area contributed by atoms with Crippen molar-refractivity contribution in [1.82, 2.24) is 0 Å². The van der Waals surface area contributed by atoms with Crippen molar-refractivity contribution in [3.63, 3.8) is 0 Å². The summed E-state index contributed by atoms with van der Waals surface area (Å²) in [4.78, 5) is 10.7. The van der Waals surface area contributed by atoms with Crippen LogP contribution in [0.4, 0.5) is 0 Å². The van der Waals surface area contributed by atoms with Crippen molar-refractivity contribution >= 4 is 5.97 Å². The van der Waals surface area contributed by atoms with Crippen molar-refractivity contribution < 1.29 is 9.53 Å². The second-order valence-corrected chi connectivity index (χ2v) is 3.33. The first kappa shape index (κ1) is 8.31. The lowest BCUT2D eigenvalue weighted by molar-refractivity contribution is -0.144. The average molecular weight is 154 g/mol. The van der Waals surface area contributed by atoms with Crippen LogP contribution in [-0.2, 0) is 9.53 Å². The van der Waals surface area contributed by atoms with Crippen LogP contribution in [-0.4, -0.2) is 12.1 Å². The van der Waals surface area contributed by atoms with E-state index in [-0.39, 0.29) is 12.1 Å². The van der Waals surface area contributed by atoms with E-state index < -0.39 is 0 Å². The molecule has 0 fully saturated rings. The fourth-order valence-corrected chi connectivity index (χ4v) is 1.24. The summed E-state index contributed by atoms with van der Waals surface area (Å²) in [5.41, 5.74) is 0. The van der Waals surface area contributed by atoms with Gasteiger partial charge in [-0.05, 0) is 12.3 Å². The maximum Gasteiger partial charge on any atom is 0.330 e. The molecule has 0 aromatic carbocycles. The van der Waals surface area contributed by atoms with Gasteiger partial charge in [0.2, 0.25) is 0 Å². The summed E-state index contributed by atoms with van der Waals surface area (Å²) >= 11 is 0. The van der Waals surface area contributed by atoms with Gasteiger partial charge in [0.15, 0.2) is 0 Å². The standard InChI is InChI=1S/C9H14O2/c1-7(2)6-8-4-3-5-9(10)11-8/h3,5,7-8H,4,6H2,1-2H3/t8-/m0/s1. The molecule has 1 aliphatic heterocycles. The van der Waals surface area contributed by atoms with Crippen molar-refractivity contribution in [3.8, 4) is 0 Å². The minimum absolute atomic E-state index is 0.118. The Morgan fingerprint density at radius 1 is 1.73 bits per heavy atom. The summed E-state index contributed by atoms with van der Waals surface area (Å²) in [7, 11) is 0. The first-order chi connectivity index (χ1) is 5.18. The monoisotopic (exact) mass is 154 g/mol. The van der Waals surface area contributed by atoms with Crippen LogP contribution < -0.4 is 0 Å². The number of cyclic esters (lactones) is 1. The minimum atomic E-state index is -0.193. The number of rotatable bonds is 2. The van der Waals surface area contributed by atoms with E-state index in [4.69, 9.17) is 4.74 Å². The largest absolute Gasteiger partial charge is 0.459 e. The SMILES string of the molecule is CC(C)C[C@@H]1CC=CC(=O)O1. The number of ether oxygens (including phenoxy) is 1. The van der Waals surface area contributed by atoms with Gasteiger partial charge in [0, 0.05) is 12.5 Å². The van der Waals surface area contributed by atoms with Gasteiger partial charge in [-0.1, -0.05) is 19.9 Å². The lowest BCUT2D eigenvalue weighted by Gasteiger charge is -2.19. The van der Waals surface area contributed by atoms with E-state index in [9.17, 15) is 4.79 Å². The van der Waals surface area contributed by atoms with Crippen LogP contribution in [0.5, 0.6) is 0 Å². The van der Waals surface area contributed by atoms with E-state index in [2.05, 4.69) is 13.8 Å². The Bertz CT molecular complexity index is 170. The van der Waals surface area contributed by atoms with E-state index in [0.717, 1.165) is 12.8 Å². The van der Waals surface area contributed by atoms with Crippen LogP contribution in [0.3, 0.4) is 0 Å². The molecule has 0 aromatic heterocycles. The summed E-state index contributed by atoms with van der Waals surface area (Å²) in [5.74, 6) is 0.404. The predicted octanol–water partition coefficient (Wildman–Crippen LogP) is 1.90. The van der Waals surface area contributed by atoms with Crippen molar-refractivity contribution in [2.24, 2.45) is 5.92 Å². The lowest BCUT2D eigenvalue weighted by Crippen LogP contribution is -2.21. The van der Waals surface area contributed by atoms with Gasteiger partial charge < -0.3 is 4.74 Å². The molecule has 2 heteroatoms. The molecule has 0 radical (unpaired) electrons. The third-order valence-electron chi connectivity index (χ3n) is 1.67. The van der Waals surface area contributed by atoms with Gasteiger partial charge in [-0.25, -0.2) is 4.79 Å². The number of hydrogen-bond acceptors (Lipinski definition) is 2. The fraction of sp³-hybridized carbons (Fsp3) is 0.667. The molecule has 0 saturated heterocycles. The van der Waals surface area contributed by atoms with Gasteiger partial charge >= 0.3 is 5.97 Å². The summed E-state index contributed by atoms with van der Waals surface area (Å²) in [6, 6.07) is 0. The Hall–Kier alpha value is -0.790. The number of hydrogen-bond donors (Lipinski definition) is 0. The maximum atomic E-state index is 10.7. The van der Waals surface area contributed by atoms with Crippen LogP contribution in [0.2, 0.25) is 0 Å². The average Bonchev–Trinajstić information content (AvgIpc) is 1.85. The molecule has 1 heterocycles. The quantitative estimate of drug-likeness (QED) is 0.568. The molecule has 0 amide bonds. The van der Waals surface area contributed by atoms with Crippen LogP contribution in [0.25, 0.3) is 0 Å². The van der Waals surface area contributed by atoms with Crippen molar-refractivity contribution in [2.75, 3.05) is 0 Å². The highest BCUT2D eigenvalue weighted by atomic mass is 16.5. The Labute approximate surface area is 67.2 Å². The van der Waals surface area contributed by atoms with Gasteiger partial charge in [-0.3, -0.25) is 0 Å². The zero-order chi connectivity index (χ0) is 8.27. The highest BCUT2D eigenvalue weighted by Crippen LogP contribution is 2.15. The molecule has 1 atom stereocenters. The molecule has 0 bridgehead atoms. The van der Waals surface area contributed by atoms with Gasteiger partial charge in [0.05, 0.1) is 0 Å². The predicted molar refractivity (Wildman–Crippen MR) is 43.1 cm³/mol. The van der Waals surface area contributed by atoms with Crippen LogP contribution >= 0.6 is 0 Å². The number of esters is 1. The first-order valence-corrected chi connectivity index (χ1v) is 4.05. The van der Waals surface area contributed by atoms with E-state index in [1.54, 1.807) is 0 Å². The van der Waals surface area contributed by atoms with Crippen molar-refractivity contribution in [3.05, 3.63) is 12.2 Å². The number of carbonyl (C=O) groups excluding carboxylic acids is 1. The second kappa shape index (κ2) is 3.56. The smallest absolute Gasteiger partial charge is 0.330 e. The van der Waals surface area contributed by atoms with Crippen LogP contribution in [0, 0.1) is 5.92 Å². The maximum absolute atomic E-state index is 10.7. The molecular formula is C9H14O2. The zero-order valence-electron chi connectivity index (χ0n) is 7.04. The Morgan fingerprint density at radius 3 is 3.00 bits per heavy atom. The molecule has 0 aromatic rings. The van der Waals surface area contributed by atoms with Crippen molar-refractivity contribution in [2.45, 2.75) is 32.8 Å². The van der Waals surface area contributed by atoms with E-state index in [1.165, 1.54) is 6.08 Å². The number of carbonyl (C=O) groups is 1. The Morgan fingerprint density at radius 2 is 2.45 bits per heavy atom. The Kier molecular flexibility index (Phi) is 2.69. The first-order valence-electron chi connectivity index (χ1n) is 4.05. The summed E-state index contributed by atoms with van der Waals surface area (Å²) < 4.78 is 5.07. The Balaban J connectivity index is 2.37. The topological polar surface area (TPSA) is 26.3 Å². The molecular weight excluding hydrogens is 140 g/mol. The summed E-state index contributed by atoms with van der Waals surface area (Å²) in [6.07, 6.45) is 5.35. The van der Waals surface area contributed by atoms with Crippen LogP contribution in [0.15, 0.2) is 12.2 Å². The molecule has 11 heavy (non-hydrogen) atoms. The molecule has 2 nitrogen and oxygen atoms in total. The van der Waals surface area contributed by atoms with Gasteiger partial charge in [-0.2, -0.15) is 0 Å². The molecule has 0 N–H and O–H groups in total. The molecule has 0 spiro atoms. The molecule has 62 valence electrons.